The number of carboxylic acids is 1. The lowest BCUT2D eigenvalue weighted by molar-refractivity contribution is -0.139. The summed E-state index contributed by atoms with van der Waals surface area (Å²) >= 11 is 0. The Morgan fingerprint density at radius 1 is 1.28 bits per heavy atom. The molecule has 1 rings (SSSR count). The smallest absolute Gasteiger partial charge is 0.341 e. The van der Waals surface area contributed by atoms with E-state index in [-0.39, 0.29) is 5.91 Å². The van der Waals surface area contributed by atoms with E-state index in [2.05, 4.69) is 5.32 Å². The third-order valence-corrected chi connectivity index (χ3v) is 2.17. The predicted molar refractivity (Wildman–Crippen MR) is 67.7 cm³/mol. The number of rotatable bonds is 4. The van der Waals surface area contributed by atoms with E-state index in [1.807, 2.05) is 0 Å². The Morgan fingerprint density at radius 2 is 1.89 bits per heavy atom. The molecular weight excluding hydrogens is 234 g/mol. The van der Waals surface area contributed by atoms with Crippen molar-refractivity contribution in [2.45, 2.75) is 20.8 Å². The summed E-state index contributed by atoms with van der Waals surface area (Å²) in [5, 5.41) is 11.3. The van der Waals surface area contributed by atoms with Crippen LogP contribution in [0.25, 0.3) is 0 Å². The van der Waals surface area contributed by atoms with Gasteiger partial charge in [0, 0.05) is 5.41 Å². The fourth-order valence-corrected chi connectivity index (χ4v) is 1.15. The highest BCUT2D eigenvalue weighted by Gasteiger charge is 2.22. The standard InChI is InChI=1S/C13H17NO4/c1-13(2,3)12(17)14-9-6-4-5-7-10(9)18-8-11(15)16/h4-7H,8H2,1-3H3,(H,14,17)(H,15,16). The van der Waals surface area contributed by atoms with Crippen molar-refractivity contribution < 1.29 is 19.4 Å². The van der Waals surface area contributed by atoms with Gasteiger partial charge in [0.1, 0.15) is 5.75 Å². The van der Waals surface area contributed by atoms with Crippen LogP contribution < -0.4 is 10.1 Å². The van der Waals surface area contributed by atoms with Crippen LogP contribution in [0.2, 0.25) is 0 Å². The van der Waals surface area contributed by atoms with Crippen molar-refractivity contribution in [1.82, 2.24) is 0 Å². The Kier molecular flexibility index (Phi) is 4.31. The maximum absolute atomic E-state index is 11.8. The van der Waals surface area contributed by atoms with E-state index in [4.69, 9.17) is 9.84 Å². The molecule has 0 aliphatic rings. The molecule has 0 saturated heterocycles. The first-order chi connectivity index (χ1) is 8.30. The number of carbonyl (C=O) groups excluding carboxylic acids is 1. The SMILES string of the molecule is CC(C)(C)C(=O)Nc1ccccc1OCC(=O)O. The molecule has 2 N–H and O–H groups in total. The third-order valence-electron chi connectivity index (χ3n) is 2.17. The Morgan fingerprint density at radius 3 is 2.44 bits per heavy atom. The Balaban J connectivity index is 2.82. The van der Waals surface area contributed by atoms with Gasteiger partial charge < -0.3 is 15.2 Å². The van der Waals surface area contributed by atoms with E-state index < -0.39 is 18.0 Å². The minimum Gasteiger partial charge on any atom is -0.480 e. The summed E-state index contributed by atoms with van der Waals surface area (Å²) in [6, 6.07) is 6.73. The average Bonchev–Trinajstić information content (AvgIpc) is 2.26. The van der Waals surface area contributed by atoms with Gasteiger partial charge in [-0.3, -0.25) is 4.79 Å². The second-order valence-corrected chi connectivity index (χ2v) is 4.88. The number of hydrogen-bond acceptors (Lipinski definition) is 3. The number of nitrogens with one attached hydrogen (secondary N) is 1. The summed E-state index contributed by atoms with van der Waals surface area (Å²) in [5.41, 5.74) is -0.0569. The molecule has 0 unspecified atom stereocenters. The molecule has 5 nitrogen and oxygen atoms in total. The number of amides is 1. The van der Waals surface area contributed by atoms with Crippen LogP contribution in [0.1, 0.15) is 20.8 Å². The first-order valence-electron chi connectivity index (χ1n) is 5.56. The maximum atomic E-state index is 11.8. The van der Waals surface area contributed by atoms with Gasteiger partial charge >= 0.3 is 5.97 Å². The Bertz CT molecular complexity index is 449. The highest BCUT2D eigenvalue weighted by atomic mass is 16.5. The van der Waals surface area contributed by atoms with Crippen molar-refractivity contribution in [2.75, 3.05) is 11.9 Å². The summed E-state index contributed by atoms with van der Waals surface area (Å²) in [6.45, 7) is 4.94. The monoisotopic (exact) mass is 251 g/mol. The summed E-state index contributed by atoms with van der Waals surface area (Å²) < 4.78 is 5.10. The van der Waals surface area contributed by atoms with Gasteiger partial charge in [0.15, 0.2) is 6.61 Å². The minimum absolute atomic E-state index is 0.158. The predicted octanol–water partition coefficient (Wildman–Crippen LogP) is 2.13. The van der Waals surface area contributed by atoms with Crippen molar-refractivity contribution in [1.29, 1.82) is 0 Å². The first kappa shape index (κ1) is 14.0. The molecule has 0 aliphatic carbocycles. The van der Waals surface area contributed by atoms with E-state index in [1.54, 1.807) is 45.0 Å². The molecule has 1 amide bonds. The Hall–Kier alpha value is -2.04. The van der Waals surface area contributed by atoms with E-state index in [1.165, 1.54) is 0 Å². The van der Waals surface area contributed by atoms with Crippen LogP contribution in [0.3, 0.4) is 0 Å². The normalized spacial score (nSPS) is 10.8. The van der Waals surface area contributed by atoms with Crippen molar-refractivity contribution in [3.63, 3.8) is 0 Å². The molecule has 0 saturated carbocycles. The summed E-state index contributed by atoms with van der Waals surface area (Å²) in [6.07, 6.45) is 0. The van der Waals surface area contributed by atoms with Gasteiger partial charge in [-0.05, 0) is 12.1 Å². The first-order valence-corrected chi connectivity index (χ1v) is 5.56. The molecular formula is C13H17NO4. The van der Waals surface area contributed by atoms with Crippen molar-refractivity contribution >= 4 is 17.6 Å². The summed E-state index contributed by atoms with van der Waals surface area (Å²) in [5.74, 6) is -0.877. The zero-order chi connectivity index (χ0) is 13.8. The van der Waals surface area contributed by atoms with Crippen LogP contribution in [0.5, 0.6) is 5.75 Å². The zero-order valence-electron chi connectivity index (χ0n) is 10.7. The maximum Gasteiger partial charge on any atom is 0.341 e. The number of ether oxygens (including phenoxy) is 1. The van der Waals surface area contributed by atoms with Gasteiger partial charge in [0.05, 0.1) is 5.69 Å². The van der Waals surface area contributed by atoms with Gasteiger partial charge in [-0.15, -0.1) is 0 Å². The number of para-hydroxylation sites is 2. The van der Waals surface area contributed by atoms with Crippen molar-refractivity contribution in [2.24, 2.45) is 5.41 Å². The lowest BCUT2D eigenvalue weighted by Gasteiger charge is -2.19. The number of carboxylic acid groups (broad SMARTS) is 1. The molecule has 0 fully saturated rings. The molecule has 1 aromatic carbocycles. The highest BCUT2D eigenvalue weighted by Crippen LogP contribution is 2.26. The molecule has 0 spiro atoms. The molecule has 0 aliphatic heterocycles. The number of carbonyl (C=O) groups is 2. The van der Waals surface area contributed by atoms with Crippen LogP contribution >= 0.6 is 0 Å². The number of aliphatic carboxylic acids is 1. The lowest BCUT2D eigenvalue weighted by Crippen LogP contribution is -2.27. The van der Waals surface area contributed by atoms with Crippen LogP contribution in [0, 0.1) is 5.41 Å². The molecule has 1 aromatic rings. The molecule has 0 heterocycles. The van der Waals surface area contributed by atoms with Crippen LogP contribution in [0.15, 0.2) is 24.3 Å². The molecule has 18 heavy (non-hydrogen) atoms. The van der Waals surface area contributed by atoms with E-state index in [0.29, 0.717) is 11.4 Å². The van der Waals surface area contributed by atoms with E-state index in [9.17, 15) is 9.59 Å². The summed E-state index contributed by atoms with van der Waals surface area (Å²) in [7, 11) is 0. The van der Waals surface area contributed by atoms with Gasteiger partial charge in [-0.2, -0.15) is 0 Å². The summed E-state index contributed by atoms with van der Waals surface area (Å²) in [4.78, 5) is 22.3. The largest absolute Gasteiger partial charge is 0.480 e. The van der Waals surface area contributed by atoms with Crippen LogP contribution in [-0.2, 0) is 9.59 Å². The second-order valence-electron chi connectivity index (χ2n) is 4.88. The van der Waals surface area contributed by atoms with Gasteiger partial charge in [0.25, 0.3) is 0 Å². The second kappa shape index (κ2) is 5.53. The van der Waals surface area contributed by atoms with Gasteiger partial charge in [0.2, 0.25) is 5.91 Å². The van der Waals surface area contributed by atoms with Crippen LogP contribution in [-0.4, -0.2) is 23.6 Å². The Labute approximate surface area is 106 Å². The fraction of sp³-hybridized carbons (Fsp3) is 0.385. The molecule has 0 bridgehead atoms. The number of benzene rings is 1. The minimum atomic E-state index is -1.06. The molecule has 0 radical (unpaired) electrons. The number of anilines is 1. The zero-order valence-corrected chi connectivity index (χ0v) is 10.7. The molecule has 98 valence electrons. The average molecular weight is 251 g/mol. The number of hydrogen-bond donors (Lipinski definition) is 2. The quantitative estimate of drug-likeness (QED) is 0.859. The van der Waals surface area contributed by atoms with Crippen molar-refractivity contribution in [3.05, 3.63) is 24.3 Å². The molecule has 0 aromatic heterocycles. The lowest BCUT2D eigenvalue weighted by atomic mass is 9.95. The van der Waals surface area contributed by atoms with Crippen LogP contribution in [0.4, 0.5) is 5.69 Å². The van der Waals surface area contributed by atoms with Gasteiger partial charge in [-0.1, -0.05) is 32.9 Å². The molecule has 0 atom stereocenters. The van der Waals surface area contributed by atoms with E-state index >= 15 is 0 Å². The molecule has 5 heteroatoms. The third kappa shape index (κ3) is 4.08. The van der Waals surface area contributed by atoms with E-state index in [0.717, 1.165) is 0 Å². The highest BCUT2D eigenvalue weighted by molar-refractivity contribution is 5.95. The topological polar surface area (TPSA) is 75.6 Å². The van der Waals surface area contributed by atoms with Crippen molar-refractivity contribution in [3.8, 4) is 5.75 Å². The fourth-order valence-electron chi connectivity index (χ4n) is 1.15. The van der Waals surface area contributed by atoms with Gasteiger partial charge in [-0.25, -0.2) is 4.79 Å².